The van der Waals surface area contributed by atoms with Crippen molar-refractivity contribution in [2.24, 2.45) is 13.0 Å². The van der Waals surface area contributed by atoms with E-state index in [1.165, 1.54) is 25.0 Å². The quantitative estimate of drug-likeness (QED) is 0.770. The third-order valence-corrected chi connectivity index (χ3v) is 3.29. The summed E-state index contributed by atoms with van der Waals surface area (Å²) in [6.45, 7) is 3.36. The molecule has 1 aliphatic carbocycles. The fourth-order valence-electron chi connectivity index (χ4n) is 2.22. The smallest absolute Gasteiger partial charge is 0.0492 e. The monoisotopic (exact) mass is 207 g/mol. The van der Waals surface area contributed by atoms with Gasteiger partial charge in [-0.15, -0.1) is 0 Å². The number of rotatable bonds is 6. The Kier molecular flexibility index (Phi) is 3.41. The fourth-order valence-corrected chi connectivity index (χ4v) is 2.22. The molecule has 1 heterocycles. The van der Waals surface area contributed by atoms with E-state index in [0.717, 1.165) is 24.9 Å². The highest BCUT2D eigenvalue weighted by atomic mass is 15.3. The fraction of sp³-hybridized carbons (Fsp3) is 0.750. The number of nitrogens with zero attached hydrogens (tertiary/aromatic N) is 2. The topological polar surface area (TPSA) is 29.9 Å². The van der Waals surface area contributed by atoms with Crippen LogP contribution in [0.1, 0.15) is 31.9 Å². The molecule has 1 aromatic heterocycles. The lowest BCUT2D eigenvalue weighted by Crippen LogP contribution is -2.22. The first-order valence-corrected chi connectivity index (χ1v) is 6.01. The summed E-state index contributed by atoms with van der Waals surface area (Å²) in [5.41, 5.74) is 1.31. The molecule has 84 valence electrons. The number of hydrogen-bond donors (Lipinski definition) is 1. The molecule has 2 rings (SSSR count). The lowest BCUT2D eigenvalue weighted by Gasteiger charge is -2.04. The van der Waals surface area contributed by atoms with Crippen LogP contribution in [0.5, 0.6) is 0 Å². The molecule has 0 aliphatic heterocycles. The van der Waals surface area contributed by atoms with Crippen molar-refractivity contribution in [3.63, 3.8) is 0 Å². The average molecular weight is 207 g/mol. The largest absolute Gasteiger partial charge is 0.313 e. The third kappa shape index (κ3) is 2.81. The molecular weight excluding hydrogens is 186 g/mol. The van der Waals surface area contributed by atoms with E-state index in [-0.39, 0.29) is 0 Å². The van der Waals surface area contributed by atoms with Gasteiger partial charge in [0.2, 0.25) is 0 Å². The minimum Gasteiger partial charge on any atom is -0.313 e. The van der Waals surface area contributed by atoms with Crippen molar-refractivity contribution in [3.8, 4) is 0 Å². The van der Waals surface area contributed by atoms with Gasteiger partial charge in [0.05, 0.1) is 0 Å². The van der Waals surface area contributed by atoms with Gasteiger partial charge in [0.25, 0.3) is 0 Å². The molecular formula is C12H21N3. The Labute approximate surface area is 91.9 Å². The molecule has 0 amide bonds. The molecule has 2 atom stereocenters. The number of nitrogens with one attached hydrogen (secondary N) is 1. The second-order valence-corrected chi connectivity index (χ2v) is 4.54. The molecule has 0 saturated heterocycles. The summed E-state index contributed by atoms with van der Waals surface area (Å²) in [6.07, 6.45) is 7.06. The van der Waals surface area contributed by atoms with Crippen LogP contribution in [0.15, 0.2) is 12.3 Å². The van der Waals surface area contributed by atoms with Crippen molar-refractivity contribution >= 4 is 0 Å². The number of aromatic nitrogens is 2. The van der Waals surface area contributed by atoms with Crippen LogP contribution in [-0.4, -0.2) is 22.4 Å². The van der Waals surface area contributed by atoms with Crippen molar-refractivity contribution in [1.82, 2.24) is 15.1 Å². The summed E-state index contributed by atoms with van der Waals surface area (Å²) in [6, 6.07) is 2.90. The maximum atomic E-state index is 4.16. The van der Waals surface area contributed by atoms with Crippen molar-refractivity contribution < 1.29 is 0 Å². The van der Waals surface area contributed by atoms with Gasteiger partial charge in [-0.25, -0.2) is 0 Å². The molecule has 3 nitrogen and oxygen atoms in total. The van der Waals surface area contributed by atoms with Gasteiger partial charge in [0, 0.05) is 37.9 Å². The normalized spacial score (nSPS) is 24.4. The Morgan fingerprint density at radius 3 is 3.13 bits per heavy atom. The SMILES string of the molecule is CCCC1CC1NCCc1ccnn1C. The molecule has 1 N–H and O–H groups in total. The first-order chi connectivity index (χ1) is 7.31. The van der Waals surface area contributed by atoms with Gasteiger partial charge in [0.15, 0.2) is 0 Å². The zero-order chi connectivity index (χ0) is 10.7. The van der Waals surface area contributed by atoms with Crippen LogP contribution in [0.25, 0.3) is 0 Å². The lowest BCUT2D eigenvalue weighted by molar-refractivity contribution is 0.588. The molecule has 1 saturated carbocycles. The van der Waals surface area contributed by atoms with E-state index in [4.69, 9.17) is 0 Å². The zero-order valence-corrected chi connectivity index (χ0v) is 9.74. The summed E-state index contributed by atoms with van der Waals surface area (Å²) in [4.78, 5) is 0. The predicted molar refractivity (Wildman–Crippen MR) is 61.7 cm³/mol. The standard InChI is InChI=1S/C12H21N3/c1-3-4-10-9-12(10)13-7-5-11-6-8-14-15(11)2/h6,8,10,12-13H,3-5,7,9H2,1-2H3. The molecule has 1 fully saturated rings. The summed E-state index contributed by atoms with van der Waals surface area (Å²) < 4.78 is 1.96. The minimum absolute atomic E-state index is 0.804. The van der Waals surface area contributed by atoms with Gasteiger partial charge >= 0.3 is 0 Å². The highest BCUT2D eigenvalue weighted by Gasteiger charge is 2.34. The van der Waals surface area contributed by atoms with Crippen molar-refractivity contribution in [3.05, 3.63) is 18.0 Å². The minimum atomic E-state index is 0.804. The Hall–Kier alpha value is -0.830. The average Bonchev–Trinajstić information content (AvgIpc) is 2.82. The first-order valence-electron chi connectivity index (χ1n) is 6.01. The van der Waals surface area contributed by atoms with Crippen LogP contribution >= 0.6 is 0 Å². The first kappa shape index (κ1) is 10.7. The Bertz CT molecular complexity index is 306. The van der Waals surface area contributed by atoms with Crippen molar-refractivity contribution in [2.75, 3.05) is 6.54 Å². The number of aryl methyl sites for hydroxylation is 1. The maximum Gasteiger partial charge on any atom is 0.0492 e. The maximum absolute atomic E-state index is 4.16. The summed E-state index contributed by atoms with van der Waals surface area (Å²) in [5, 5.41) is 7.78. The van der Waals surface area contributed by atoms with E-state index < -0.39 is 0 Å². The van der Waals surface area contributed by atoms with E-state index in [1.807, 2.05) is 17.9 Å². The molecule has 2 unspecified atom stereocenters. The van der Waals surface area contributed by atoms with Gasteiger partial charge in [0.1, 0.15) is 0 Å². The third-order valence-electron chi connectivity index (χ3n) is 3.29. The highest BCUT2D eigenvalue weighted by Crippen LogP contribution is 2.34. The van der Waals surface area contributed by atoms with Gasteiger partial charge in [-0.2, -0.15) is 5.10 Å². The zero-order valence-electron chi connectivity index (χ0n) is 9.74. The Morgan fingerprint density at radius 1 is 1.60 bits per heavy atom. The molecule has 0 bridgehead atoms. The number of hydrogen-bond acceptors (Lipinski definition) is 2. The van der Waals surface area contributed by atoms with Gasteiger partial charge < -0.3 is 5.32 Å². The molecule has 1 aliphatic rings. The molecule has 0 radical (unpaired) electrons. The van der Waals surface area contributed by atoms with Crippen molar-refractivity contribution in [2.45, 2.75) is 38.6 Å². The summed E-state index contributed by atoms with van der Waals surface area (Å²) in [5.74, 6) is 0.960. The van der Waals surface area contributed by atoms with E-state index >= 15 is 0 Å². The van der Waals surface area contributed by atoms with Crippen LogP contribution < -0.4 is 5.32 Å². The predicted octanol–water partition coefficient (Wildman–Crippen LogP) is 1.74. The van der Waals surface area contributed by atoms with Crippen LogP contribution in [0.3, 0.4) is 0 Å². The highest BCUT2D eigenvalue weighted by molar-refractivity contribution is 5.01. The van der Waals surface area contributed by atoms with Crippen molar-refractivity contribution in [1.29, 1.82) is 0 Å². The van der Waals surface area contributed by atoms with E-state index in [0.29, 0.717) is 0 Å². The molecule has 0 spiro atoms. The van der Waals surface area contributed by atoms with Crippen LogP contribution in [0, 0.1) is 5.92 Å². The van der Waals surface area contributed by atoms with Crippen LogP contribution in [-0.2, 0) is 13.5 Å². The second kappa shape index (κ2) is 4.79. The molecule has 15 heavy (non-hydrogen) atoms. The van der Waals surface area contributed by atoms with Crippen LogP contribution in [0.4, 0.5) is 0 Å². The lowest BCUT2D eigenvalue weighted by atomic mass is 10.2. The Balaban J connectivity index is 1.62. The summed E-state index contributed by atoms with van der Waals surface area (Å²) in [7, 11) is 2.01. The molecule has 3 heteroatoms. The summed E-state index contributed by atoms with van der Waals surface area (Å²) >= 11 is 0. The van der Waals surface area contributed by atoms with Gasteiger partial charge in [-0.3, -0.25) is 4.68 Å². The van der Waals surface area contributed by atoms with Crippen LogP contribution in [0.2, 0.25) is 0 Å². The van der Waals surface area contributed by atoms with Gasteiger partial charge in [-0.05, 0) is 24.8 Å². The molecule has 0 aromatic carbocycles. The van der Waals surface area contributed by atoms with E-state index in [2.05, 4.69) is 23.4 Å². The van der Waals surface area contributed by atoms with Gasteiger partial charge in [-0.1, -0.05) is 13.3 Å². The Morgan fingerprint density at radius 2 is 2.47 bits per heavy atom. The molecule has 1 aromatic rings. The van der Waals surface area contributed by atoms with E-state index in [1.54, 1.807) is 0 Å². The van der Waals surface area contributed by atoms with E-state index in [9.17, 15) is 0 Å². The second-order valence-electron chi connectivity index (χ2n) is 4.54.